The summed E-state index contributed by atoms with van der Waals surface area (Å²) >= 11 is 0. The van der Waals surface area contributed by atoms with Gasteiger partial charge in [-0.2, -0.15) is 0 Å². The molecule has 3 N–H and O–H groups in total. The zero-order chi connectivity index (χ0) is 11.6. The number of benzene rings is 1. The van der Waals surface area contributed by atoms with Crippen LogP contribution in [0.2, 0.25) is 0 Å². The molecule has 7 heteroatoms. The van der Waals surface area contributed by atoms with E-state index in [1.54, 1.807) is 0 Å². The molecule has 0 saturated heterocycles. The number of carbonyl (C=O) groups is 3. The molecule has 0 unspecified atom stereocenters. The van der Waals surface area contributed by atoms with Crippen LogP contribution in [0.4, 0.5) is 0 Å². The van der Waals surface area contributed by atoms with Crippen LogP contribution >= 0.6 is 0 Å². The van der Waals surface area contributed by atoms with E-state index in [-0.39, 0.29) is 46.2 Å². The standard InChI is InChI=1S/C9H6O6.Na.H/c10-7(11)4-1-5(8(12)13)3-6(2-4)9(14)15;;/h1-3H,(H,10,11)(H,12,13)(H,14,15);;. The molecule has 0 aliphatic rings. The van der Waals surface area contributed by atoms with E-state index in [1.807, 2.05) is 0 Å². The Labute approximate surface area is 112 Å². The van der Waals surface area contributed by atoms with Gasteiger partial charge in [0.1, 0.15) is 0 Å². The van der Waals surface area contributed by atoms with E-state index < -0.39 is 17.9 Å². The van der Waals surface area contributed by atoms with E-state index in [4.69, 9.17) is 15.3 Å². The molecule has 0 aromatic heterocycles. The van der Waals surface area contributed by atoms with Gasteiger partial charge in [-0.25, -0.2) is 14.4 Å². The van der Waals surface area contributed by atoms with Crippen LogP contribution in [0.25, 0.3) is 0 Å². The fourth-order valence-electron chi connectivity index (χ4n) is 0.998. The summed E-state index contributed by atoms with van der Waals surface area (Å²) in [5, 5.41) is 25.8. The van der Waals surface area contributed by atoms with E-state index >= 15 is 0 Å². The third-order valence-electron chi connectivity index (χ3n) is 1.67. The Morgan fingerprint density at radius 1 is 0.688 bits per heavy atom. The van der Waals surface area contributed by atoms with Gasteiger partial charge in [0, 0.05) is 0 Å². The molecule has 80 valence electrons. The molecule has 0 amide bonds. The Bertz CT molecular complexity index is 374. The summed E-state index contributed by atoms with van der Waals surface area (Å²) in [7, 11) is 0. The molecule has 0 bridgehead atoms. The molecule has 6 nitrogen and oxygen atoms in total. The van der Waals surface area contributed by atoms with Crippen LogP contribution in [-0.4, -0.2) is 62.8 Å². The minimum absolute atomic E-state index is 0. The first-order valence-corrected chi connectivity index (χ1v) is 3.77. The zero-order valence-electron chi connectivity index (χ0n) is 7.30. The summed E-state index contributed by atoms with van der Waals surface area (Å²) < 4.78 is 0. The Kier molecular flexibility index (Phi) is 5.16. The van der Waals surface area contributed by atoms with Crippen molar-refractivity contribution in [1.29, 1.82) is 0 Å². The van der Waals surface area contributed by atoms with E-state index in [2.05, 4.69) is 0 Å². The fraction of sp³-hybridized carbons (Fsp3) is 0. The van der Waals surface area contributed by atoms with Crippen molar-refractivity contribution in [1.82, 2.24) is 0 Å². The first kappa shape index (κ1) is 14.6. The Hall–Kier alpha value is -1.37. The van der Waals surface area contributed by atoms with Crippen LogP contribution in [-0.2, 0) is 0 Å². The van der Waals surface area contributed by atoms with Gasteiger partial charge in [0.05, 0.1) is 16.7 Å². The molecular formula is C9H7NaO6. The van der Waals surface area contributed by atoms with Crippen molar-refractivity contribution in [2.24, 2.45) is 0 Å². The maximum absolute atomic E-state index is 10.6. The zero-order valence-corrected chi connectivity index (χ0v) is 7.30. The van der Waals surface area contributed by atoms with Crippen molar-refractivity contribution in [3.63, 3.8) is 0 Å². The first-order chi connectivity index (χ1) is 6.91. The number of hydrogen-bond donors (Lipinski definition) is 3. The predicted octanol–water partition coefficient (Wildman–Crippen LogP) is 0.133. The number of aromatic carboxylic acids is 3. The molecule has 0 aliphatic carbocycles. The van der Waals surface area contributed by atoms with E-state index in [9.17, 15) is 14.4 Å². The van der Waals surface area contributed by atoms with Gasteiger partial charge in [-0.3, -0.25) is 0 Å². The van der Waals surface area contributed by atoms with E-state index in [0.29, 0.717) is 0 Å². The summed E-state index contributed by atoms with van der Waals surface area (Å²) in [5.41, 5.74) is -1.10. The second kappa shape index (κ2) is 5.64. The van der Waals surface area contributed by atoms with Crippen LogP contribution in [0, 0.1) is 0 Å². The van der Waals surface area contributed by atoms with E-state index in [0.717, 1.165) is 18.2 Å². The first-order valence-electron chi connectivity index (χ1n) is 3.77. The molecule has 1 aromatic carbocycles. The SMILES string of the molecule is O=C(O)c1cc(C(=O)O)cc(C(=O)O)c1.[NaH]. The monoisotopic (exact) mass is 234 g/mol. The third kappa shape index (κ3) is 3.34. The molecule has 0 radical (unpaired) electrons. The second-order valence-corrected chi connectivity index (χ2v) is 2.71. The average molecular weight is 234 g/mol. The van der Waals surface area contributed by atoms with Crippen molar-refractivity contribution >= 4 is 47.5 Å². The third-order valence-corrected chi connectivity index (χ3v) is 1.67. The molecule has 16 heavy (non-hydrogen) atoms. The van der Waals surface area contributed by atoms with Gasteiger partial charge in [0.2, 0.25) is 0 Å². The van der Waals surface area contributed by atoms with Crippen molar-refractivity contribution in [3.05, 3.63) is 34.9 Å². The fourth-order valence-corrected chi connectivity index (χ4v) is 0.998. The van der Waals surface area contributed by atoms with Crippen molar-refractivity contribution in [2.75, 3.05) is 0 Å². The number of carboxylic acid groups (broad SMARTS) is 3. The molecule has 0 spiro atoms. The Morgan fingerprint density at radius 3 is 1.00 bits per heavy atom. The van der Waals surface area contributed by atoms with Gasteiger partial charge in [-0.15, -0.1) is 0 Å². The van der Waals surface area contributed by atoms with Gasteiger partial charge in [-0.05, 0) is 18.2 Å². The number of carboxylic acids is 3. The minimum atomic E-state index is -1.37. The van der Waals surface area contributed by atoms with Crippen LogP contribution in [0.15, 0.2) is 18.2 Å². The Morgan fingerprint density at radius 2 is 0.875 bits per heavy atom. The average Bonchev–Trinajstić information content (AvgIpc) is 2.16. The summed E-state index contributed by atoms with van der Waals surface area (Å²) in [5.74, 6) is -4.12. The summed E-state index contributed by atoms with van der Waals surface area (Å²) in [6, 6.07) is 2.70. The molecule has 0 aliphatic heterocycles. The summed E-state index contributed by atoms with van der Waals surface area (Å²) in [6.07, 6.45) is 0. The molecule has 1 rings (SSSR count). The second-order valence-electron chi connectivity index (χ2n) is 2.71. The molecule has 0 heterocycles. The van der Waals surface area contributed by atoms with E-state index in [1.165, 1.54) is 0 Å². The normalized spacial score (nSPS) is 9.00. The summed E-state index contributed by atoms with van der Waals surface area (Å²) in [4.78, 5) is 31.7. The van der Waals surface area contributed by atoms with Crippen molar-refractivity contribution < 1.29 is 29.7 Å². The predicted molar refractivity (Wildman–Crippen MR) is 54.5 cm³/mol. The van der Waals surface area contributed by atoms with Crippen LogP contribution < -0.4 is 0 Å². The maximum atomic E-state index is 10.6. The van der Waals surface area contributed by atoms with Gasteiger partial charge < -0.3 is 15.3 Å². The molecule has 0 atom stereocenters. The Balaban J connectivity index is 0.00000225. The quantitative estimate of drug-likeness (QED) is 0.641. The van der Waals surface area contributed by atoms with Crippen LogP contribution in [0.5, 0.6) is 0 Å². The van der Waals surface area contributed by atoms with Crippen molar-refractivity contribution in [2.45, 2.75) is 0 Å². The van der Waals surface area contributed by atoms with Crippen LogP contribution in [0.1, 0.15) is 31.1 Å². The molecule has 1 aromatic rings. The molecular weight excluding hydrogens is 227 g/mol. The molecule has 0 saturated carbocycles. The summed E-state index contributed by atoms with van der Waals surface area (Å²) in [6.45, 7) is 0. The van der Waals surface area contributed by atoms with Gasteiger partial charge >= 0.3 is 47.5 Å². The number of rotatable bonds is 3. The van der Waals surface area contributed by atoms with Crippen LogP contribution in [0.3, 0.4) is 0 Å². The van der Waals surface area contributed by atoms with Gasteiger partial charge in [0.25, 0.3) is 0 Å². The van der Waals surface area contributed by atoms with Gasteiger partial charge in [-0.1, -0.05) is 0 Å². The topological polar surface area (TPSA) is 112 Å². The van der Waals surface area contributed by atoms with Crippen molar-refractivity contribution in [3.8, 4) is 0 Å². The van der Waals surface area contributed by atoms with Gasteiger partial charge in [0.15, 0.2) is 0 Å². The number of hydrogen-bond acceptors (Lipinski definition) is 3. The molecule has 0 fully saturated rings.